The van der Waals surface area contributed by atoms with Gasteiger partial charge in [0.05, 0.1) is 0 Å². The van der Waals surface area contributed by atoms with Crippen molar-refractivity contribution in [2.45, 2.75) is 25.3 Å². The summed E-state index contributed by atoms with van der Waals surface area (Å²) in [6.07, 6.45) is 1.19. The second-order valence-corrected chi connectivity index (χ2v) is 6.35. The molecule has 2 amide bonds. The summed E-state index contributed by atoms with van der Waals surface area (Å²) >= 11 is 0. The maximum absolute atomic E-state index is 12.5. The first-order chi connectivity index (χ1) is 12.5. The van der Waals surface area contributed by atoms with Gasteiger partial charge in [-0.1, -0.05) is 30.3 Å². The van der Waals surface area contributed by atoms with Gasteiger partial charge in [-0.05, 0) is 35.7 Å². The van der Waals surface area contributed by atoms with Crippen LogP contribution < -0.4 is 10.2 Å². The average Bonchev–Trinajstić information content (AvgIpc) is 2.64. The summed E-state index contributed by atoms with van der Waals surface area (Å²) in [5.41, 5.74) is 2.93. The largest absolute Gasteiger partial charge is 0.480 e. The number of anilines is 1. The number of nitrogens with zero attached hydrogens (tertiary/aromatic N) is 1. The van der Waals surface area contributed by atoms with Gasteiger partial charge in [-0.2, -0.15) is 0 Å². The number of fused-ring (bicyclic) bond motifs is 1. The van der Waals surface area contributed by atoms with Crippen molar-refractivity contribution in [2.75, 3.05) is 11.9 Å². The van der Waals surface area contributed by atoms with Crippen molar-refractivity contribution in [3.63, 3.8) is 0 Å². The molecule has 0 fully saturated rings. The second-order valence-electron chi connectivity index (χ2n) is 6.35. The van der Waals surface area contributed by atoms with Crippen molar-refractivity contribution < 1.29 is 19.5 Å². The van der Waals surface area contributed by atoms with E-state index in [9.17, 15) is 19.5 Å². The van der Waals surface area contributed by atoms with Crippen molar-refractivity contribution in [1.82, 2.24) is 5.32 Å². The molecule has 1 atom stereocenters. The van der Waals surface area contributed by atoms with Crippen molar-refractivity contribution in [3.05, 3.63) is 65.2 Å². The van der Waals surface area contributed by atoms with Crippen LogP contribution in [0.3, 0.4) is 0 Å². The van der Waals surface area contributed by atoms with Crippen LogP contribution in [0.25, 0.3) is 0 Å². The van der Waals surface area contributed by atoms with E-state index in [1.165, 1.54) is 0 Å². The lowest BCUT2D eigenvalue weighted by atomic mass is 9.98. The molecule has 0 bridgehead atoms. The molecule has 2 aromatic carbocycles. The van der Waals surface area contributed by atoms with Crippen LogP contribution in [0.5, 0.6) is 0 Å². The molecule has 26 heavy (non-hydrogen) atoms. The molecule has 1 aliphatic rings. The number of aliphatic carboxylic acids is 1. The maximum Gasteiger partial charge on any atom is 0.326 e. The summed E-state index contributed by atoms with van der Waals surface area (Å²) in [7, 11) is 1.71. The second kappa shape index (κ2) is 7.39. The molecule has 0 aliphatic carbocycles. The van der Waals surface area contributed by atoms with Gasteiger partial charge in [-0.15, -0.1) is 0 Å². The summed E-state index contributed by atoms with van der Waals surface area (Å²) in [4.78, 5) is 37.4. The van der Waals surface area contributed by atoms with E-state index in [1.54, 1.807) is 30.1 Å². The standard InChI is InChI=1S/C20H20N2O4/c1-22-17-9-7-15(12-14(17)8-10-18(22)23)19(24)21-16(20(25)26)11-13-5-3-2-4-6-13/h2-7,9,12,16H,8,10-11H2,1H3,(H,21,24)(H,25,26)/t16-/m0/s1. The van der Waals surface area contributed by atoms with Crippen molar-refractivity contribution in [2.24, 2.45) is 0 Å². The number of benzene rings is 2. The summed E-state index contributed by atoms with van der Waals surface area (Å²) in [6, 6.07) is 13.2. The van der Waals surface area contributed by atoms with Crippen molar-refractivity contribution in [3.8, 4) is 0 Å². The van der Waals surface area contributed by atoms with Gasteiger partial charge < -0.3 is 15.3 Å². The van der Waals surface area contributed by atoms with Crippen LogP contribution in [-0.4, -0.2) is 36.0 Å². The smallest absolute Gasteiger partial charge is 0.326 e. The van der Waals surface area contributed by atoms with E-state index in [2.05, 4.69) is 5.32 Å². The van der Waals surface area contributed by atoms with Crippen LogP contribution in [0, 0.1) is 0 Å². The fourth-order valence-electron chi connectivity index (χ4n) is 3.09. The number of carboxylic acid groups (broad SMARTS) is 1. The summed E-state index contributed by atoms with van der Waals surface area (Å²) in [5.74, 6) is -1.47. The molecule has 0 spiro atoms. The Hall–Kier alpha value is -3.15. The topological polar surface area (TPSA) is 86.7 Å². The molecule has 134 valence electrons. The van der Waals surface area contributed by atoms with Crippen LogP contribution >= 0.6 is 0 Å². The van der Waals surface area contributed by atoms with Gasteiger partial charge in [-0.25, -0.2) is 4.79 Å². The molecule has 6 nitrogen and oxygen atoms in total. The highest BCUT2D eigenvalue weighted by Gasteiger charge is 2.24. The average molecular weight is 352 g/mol. The minimum atomic E-state index is -1.08. The van der Waals surface area contributed by atoms with E-state index < -0.39 is 17.9 Å². The lowest BCUT2D eigenvalue weighted by molar-refractivity contribution is -0.139. The Labute approximate surface area is 151 Å². The SMILES string of the molecule is CN1C(=O)CCc2cc(C(=O)N[C@@H](Cc3ccccc3)C(=O)O)ccc21. The number of hydrogen-bond acceptors (Lipinski definition) is 3. The number of carboxylic acids is 1. The number of rotatable bonds is 5. The minimum Gasteiger partial charge on any atom is -0.480 e. The highest BCUT2D eigenvalue weighted by Crippen LogP contribution is 2.27. The fraction of sp³-hybridized carbons (Fsp3) is 0.250. The fourth-order valence-corrected chi connectivity index (χ4v) is 3.09. The van der Waals surface area contributed by atoms with Gasteiger partial charge in [-0.3, -0.25) is 9.59 Å². The molecular weight excluding hydrogens is 332 g/mol. The Morgan fingerprint density at radius 3 is 2.58 bits per heavy atom. The van der Waals surface area contributed by atoms with E-state index >= 15 is 0 Å². The third kappa shape index (κ3) is 3.74. The number of aryl methyl sites for hydroxylation is 1. The first-order valence-electron chi connectivity index (χ1n) is 8.43. The Morgan fingerprint density at radius 2 is 1.88 bits per heavy atom. The molecule has 0 saturated heterocycles. The van der Waals surface area contributed by atoms with Gasteiger partial charge in [0.1, 0.15) is 6.04 Å². The van der Waals surface area contributed by atoms with Gasteiger partial charge in [0.2, 0.25) is 5.91 Å². The number of carbonyl (C=O) groups is 3. The molecule has 0 aromatic heterocycles. The summed E-state index contributed by atoms with van der Waals surface area (Å²) in [6.45, 7) is 0. The highest BCUT2D eigenvalue weighted by atomic mass is 16.4. The molecule has 0 unspecified atom stereocenters. The zero-order chi connectivity index (χ0) is 18.7. The highest BCUT2D eigenvalue weighted by molar-refractivity contribution is 6.00. The molecular formula is C20H20N2O4. The van der Waals surface area contributed by atoms with E-state index in [0.29, 0.717) is 18.4 Å². The Morgan fingerprint density at radius 1 is 1.15 bits per heavy atom. The minimum absolute atomic E-state index is 0.0449. The van der Waals surface area contributed by atoms with E-state index in [-0.39, 0.29) is 12.3 Å². The van der Waals surface area contributed by atoms with Crippen molar-refractivity contribution in [1.29, 1.82) is 0 Å². The quantitative estimate of drug-likeness (QED) is 0.862. The van der Waals surface area contributed by atoms with Crippen molar-refractivity contribution >= 4 is 23.5 Å². The van der Waals surface area contributed by atoms with Gasteiger partial charge in [0.15, 0.2) is 0 Å². The lowest BCUT2D eigenvalue weighted by Crippen LogP contribution is -2.42. The third-order valence-corrected chi connectivity index (χ3v) is 4.57. The van der Waals surface area contributed by atoms with Crippen LogP contribution in [0.15, 0.2) is 48.5 Å². The number of amides is 2. The zero-order valence-corrected chi connectivity index (χ0v) is 14.4. The van der Waals surface area contributed by atoms with E-state index in [0.717, 1.165) is 16.8 Å². The van der Waals surface area contributed by atoms with Gasteiger partial charge >= 0.3 is 5.97 Å². The maximum atomic E-state index is 12.5. The molecule has 6 heteroatoms. The number of hydrogen-bond donors (Lipinski definition) is 2. The number of nitrogens with one attached hydrogen (secondary N) is 1. The van der Waals surface area contributed by atoms with Crippen LogP contribution in [0.1, 0.15) is 27.9 Å². The predicted octanol–water partition coefficient (Wildman–Crippen LogP) is 2.02. The van der Waals surface area contributed by atoms with Crippen LogP contribution in [0.4, 0.5) is 5.69 Å². The number of carbonyl (C=O) groups excluding carboxylic acids is 2. The summed E-state index contributed by atoms with van der Waals surface area (Å²) < 4.78 is 0. The van der Waals surface area contributed by atoms with E-state index in [4.69, 9.17) is 0 Å². The lowest BCUT2D eigenvalue weighted by Gasteiger charge is -2.26. The molecule has 2 N–H and O–H groups in total. The third-order valence-electron chi connectivity index (χ3n) is 4.57. The Balaban J connectivity index is 1.76. The first kappa shape index (κ1) is 17.7. The Kier molecular flexibility index (Phi) is 5.02. The van der Waals surface area contributed by atoms with Gasteiger partial charge in [0, 0.05) is 31.1 Å². The first-order valence-corrected chi connectivity index (χ1v) is 8.43. The molecule has 0 radical (unpaired) electrons. The monoisotopic (exact) mass is 352 g/mol. The molecule has 3 rings (SSSR count). The van der Waals surface area contributed by atoms with Crippen LogP contribution in [-0.2, 0) is 22.4 Å². The zero-order valence-electron chi connectivity index (χ0n) is 14.4. The molecule has 2 aromatic rings. The molecule has 1 heterocycles. The molecule has 0 saturated carbocycles. The normalized spacial score (nSPS) is 14.5. The van der Waals surface area contributed by atoms with E-state index in [1.807, 2.05) is 30.3 Å². The molecule has 1 aliphatic heterocycles. The summed E-state index contributed by atoms with van der Waals surface area (Å²) in [5, 5.41) is 12.0. The van der Waals surface area contributed by atoms with Crippen LogP contribution in [0.2, 0.25) is 0 Å². The predicted molar refractivity (Wildman–Crippen MR) is 97.2 cm³/mol. The van der Waals surface area contributed by atoms with Gasteiger partial charge in [0.25, 0.3) is 5.91 Å². The Bertz CT molecular complexity index is 848.